The number of imidazole rings is 1. The van der Waals surface area contributed by atoms with Gasteiger partial charge in [-0.25, -0.2) is 13.4 Å². The molecular formula is C11H11N3O4S2. The summed E-state index contributed by atoms with van der Waals surface area (Å²) in [6.07, 6.45) is 0.615. The van der Waals surface area contributed by atoms with Crippen LogP contribution in [0.4, 0.5) is 5.69 Å². The molecule has 1 N–H and O–H groups in total. The van der Waals surface area contributed by atoms with Gasteiger partial charge in [0.2, 0.25) is 0 Å². The summed E-state index contributed by atoms with van der Waals surface area (Å²) in [4.78, 5) is 17.6. The Bertz CT molecular complexity index is 784. The molecule has 7 nitrogen and oxygen atoms in total. The van der Waals surface area contributed by atoms with E-state index in [1.54, 1.807) is 6.07 Å². The molecule has 1 fully saturated rings. The van der Waals surface area contributed by atoms with Crippen molar-refractivity contribution in [3.63, 3.8) is 0 Å². The van der Waals surface area contributed by atoms with E-state index in [0.717, 1.165) is 0 Å². The van der Waals surface area contributed by atoms with Gasteiger partial charge in [-0.05, 0) is 12.5 Å². The first-order chi connectivity index (χ1) is 9.43. The molecule has 9 heteroatoms. The topological polar surface area (TPSA) is 106 Å². The summed E-state index contributed by atoms with van der Waals surface area (Å²) in [5, 5.41) is 11.3. The summed E-state index contributed by atoms with van der Waals surface area (Å²) in [5.74, 6) is 0.380. The van der Waals surface area contributed by atoms with E-state index in [1.807, 2.05) is 0 Å². The average molecular weight is 313 g/mol. The van der Waals surface area contributed by atoms with Gasteiger partial charge in [0.1, 0.15) is 0 Å². The van der Waals surface area contributed by atoms with Crippen LogP contribution in [0, 0.1) is 10.1 Å². The lowest BCUT2D eigenvalue weighted by atomic mass is 10.3. The average Bonchev–Trinajstić information content (AvgIpc) is 2.91. The highest BCUT2D eigenvalue weighted by atomic mass is 32.2. The van der Waals surface area contributed by atoms with Crippen molar-refractivity contribution in [3.05, 3.63) is 28.3 Å². The molecule has 1 aromatic carbocycles. The Balaban J connectivity index is 1.84. The van der Waals surface area contributed by atoms with E-state index in [0.29, 0.717) is 22.6 Å². The van der Waals surface area contributed by atoms with Crippen LogP contribution in [-0.4, -0.2) is 40.1 Å². The number of H-pyrrole nitrogens is 1. The summed E-state index contributed by atoms with van der Waals surface area (Å²) in [7, 11) is -2.92. The molecule has 1 aliphatic heterocycles. The molecule has 0 saturated carbocycles. The maximum Gasteiger partial charge on any atom is 0.271 e. The Kier molecular flexibility index (Phi) is 3.17. The highest BCUT2D eigenvalue weighted by Gasteiger charge is 2.29. The lowest BCUT2D eigenvalue weighted by Gasteiger charge is -2.02. The molecule has 1 atom stereocenters. The fraction of sp³-hybridized carbons (Fsp3) is 0.364. The van der Waals surface area contributed by atoms with Crippen LogP contribution in [0.3, 0.4) is 0 Å². The van der Waals surface area contributed by atoms with Crippen LogP contribution in [-0.2, 0) is 9.84 Å². The summed E-state index contributed by atoms with van der Waals surface area (Å²) >= 11 is 1.38. The molecule has 0 bridgehead atoms. The zero-order valence-electron chi connectivity index (χ0n) is 10.3. The minimum Gasteiger partial charge on any atom is -0.333 e. The minimum atomic E-state index is -2.92. The first-order valence-corrected chi connectivity index (χ1v) is 8.64. The van der Waals surface area contributed by atoms with Crippen molar-refractivity contribution in [1.82, 2.24) is 9.97 Å². The maximum absolute atomic E-state index is 11.4. The molecule has 20 heavy (non-hydrogen) atoms. The summed E-state index contributed by atoms with van der Waals surface area (Å²) in [5.41, 5.74) is 1.22. The standard InChI is InChI=1S/C11H11N3O4S2/c15-14(16)7-1-2-9-10(5-7)13-11(12-9)19-8-3-4-20(17,18)6-8/h1-2,5,8H,3-4,6H2,(H,12,13)/t8-/m1/s1. The molecule has 0 radical (unpaired) electrons. The molecule has 0 aliphatic carbocycles. The Labute approximate surface area is 118 Å². The van der Waals surface area contributed by atoms with Crippen molar-refractivity contribution in [2.75, 3.05) is 11.5 Å². The van der Waals surface area contributed by atoms with Crippen molar-refractivity contribution >= 4 is 38.3 Å². The Hall–Kier alpha value is -1.61. The molecule has 1 saturated heterocycles. The zero-order chi connectivity index (χ0) is 14.3. The van der Waals surface area contributed by atoms with Crippen molar-refractivity contribution in [2.45, 2.75) is 16.8 Å². The van der Waals surface area contributed by atoms with Crippen LogP contribution in [0.15, 0.2) is 23.4 Å². The van der Waals surface area contributed by atoms with E-state index in [1.165, 1.54) is 23.9 Å². The predicted octanol–water partition coefficient (Wildman–Crippen LogP) is 1.75. The molecule has 2 heterocycles. The number of nitrogens with zero attached hydrogens (tertiary/aromatic N) is 2. The van der Waals surface area contributed by atoms with E-state index in [4.69, 9.17) is 0 Å². The van der Waals surface area contributed by atoms with E-state index in [2.05, 4.69) is 9.97 Å². The summed E-state index contributed by atoms with van der Waals surface area (Å²) in [6.45, 7) is 0. The minimum absolute atomic E-state index is 0.00106. The number of nitrogens with one attached hydrogen (secondary N) is 1. The lowest BCUT2D eigenvalue weighted by Crippen LogP contribution is -2.06. The summed E-state index contributed by atoms with van der Waals surface area (Å²) < 4.78 is 22.8. The smallest absolute Gasteiger partial charge is 0.271 e. The predicted molar refractivity (Wildman–Crippen MR) is 75.7 cm³/mol. The zero-order valence-corrected chi connectivity index (χ0v) is 11.9. The molecule has 0 amide bonds. The van der Waals surface area contributed by atoms with Crippen molar-refractivity contribution in [3.8, 4) is 0 Å². The number of sulfone groups is 1. The number of aromatic amines is 1. The second-order valence-corrected chi connectivity index (χ2v) is 8.16. The van der Waals surface area contributed by atoms with E-state index < -0.39 is 14.8 Å². The number of hydrogen-bond donors (Lipinski definition) is 1. The van der Waals surface area contributed by atoms with Crippen LogP contribution in [0.25, 0.3) is 11.0 Å². The monoisotopic (exact) mass is 313 g/mol. The number of thioether (sulfide) groups is 1. The third-order valence-electron chi connectivity index (χ3n) is 3.12. The van der Waals surface area contributed by atoms with Gasteiger partial charge in [-0.1, -0.05) is 11.8 Å². The van der Waals surface area contributed by atoms with Crippen molar-refractivity contribution in [1.29, 1.82) is 0 Å². The quantitative estimate of drug-likeness (QED) is 0.683. The van der Waals surface area contributed by atoms with Crippen LogP contribution in [0.1, 0.15) is 6.42 Å². The van der Waals surface area contributed by atoms with Gasteiger partial charge in [-0.3, -0.25) is 10.1 Å². The lowest BCUT2D eigenvalue weighted by molar-refractivity contribution is -0.384. The van der Waals surface area contributed by atoms with Gasteiger partial charge in [0, 0.05) is 17.4 Å². The molecule has 3 rings (SSSR count). The van der Waals surface area contributed by atoms with Gasteiger partial charge in [-0.15, -0.1) is 0 Å². The van der Waals surface area contributed by atoms with Gasteiger partial charge in [0.25, 0.3) is 5.69 Å². The van der Waals surface area contributed by atoms with Gasteiger partial charge in [0.15, 0.2) is 15.0 Å². The van der Waals surface area contributed by atoms with Crippen molar-refractivity contribution < 1.29 is 13.3 Å². The fourth-order valence-electron chi connectivity index (χ4n) is 2.16. The molecular weight excluding hydrogens is 302 g/mol. The fourth-order valence-corrected chi connectivity index (χ4v) is 5.61. The first kappa shape index (κ1) is 13.4. The Morgan fingerprint density at radius 2 is 2.25 bits per heavy atom. The third-order valence-corrected chi connectivity index (χ3v) is 6.25. The van der Waals surface area contributed by atoms with Crippen LogP contribution in [0.5, 0.6) is 0 Å². The molecule has 0 unspecified atom stereocenters. The second kappa shape index (κ2) is 4.74. The number of non-ortho nitro benzene ring substituents is 1. The van der Waals surface area contributed by atoms with Gasteiger partial charge in [0.05, 0.1) is 27.5 Å². The number of nitro groups is 1. The summed E-state index contributed by atoms with van der Waals surface area (Å²) in [6, 6.07) is 4.41. The number of aromatic nitrogens is 2. The van der Waals surface area contributed by atoms with Crippen molar-refractivity contribution in [2.24, 2.45) is 0 Å². The van der Waals surface area contributed by atoms with Crippen LogP contribution in [0.2, 0.25) is 0 Å². The number of rotatable bonds is 3. The SMILES string of the molecule is O=[N+]([O-])c1ccc2nc(S[C@@H]3CCS(=O)(=O)C3)[nH]c2c1. The number of benzene rings is 1. The second-order valence-electron chi connectivity index (χ2n) is 4.64. The number of fused-ring (bicyclic) bond motifs is 1. The van der Waals surface area contributed by atoms with E-state index in [-0.39, 0.29) is 22.4 Å². The van der Waals surface area contributed by atoms with Crippen LogP contribution >= 0.6 is 11.8 Å². The number of nitro benzene ring substituents is 1. The van der Waals surface area contributed by atoms with Crippen LogP contribution < -0.4 is 0 Å². The molecule has 2 aromatic rings. The van der Waals surface area contributed by atoms with E-state index in [9.17, 15) is 18.5 Å². The highest BCUT2D eigenvalue weighted by Crippen LogP contribution is 2.31. The van der Waals surface area contributed by atoms with Gasteiger partial charge < -0.3 is 4.98 Å². The van der Waals surface area contributed by atoms with E-state index >= 15 is 0 Å². The Morgan fingerprint density at radius 3 is 2.90 bits per heavy atom. The molecule has 0 spiro atoms. The highest BCUT2D eigenvalue weighted by molar-refractivity contribution is 8.01. The molecule has 106 valence electrons. The van der Waals surface area contributed by atoms with Gasteiger partial charge in [-0.2, -0.15) is 0 Å². The normalized spacial score (nSPS) is 21.3. The first-order valence-electron chi connectivity index (χ1n) is 5.94. The third kappa shape index (κ3) is 2.63. The van der Waals surface area contributed by atoms with Gasteiger partial charge >= 0.3 is 0 Å². The molecule has 1 aliphatic rings. The molecule has 1 aromatic heterocycles. The Morgan fingerprint density at radius 1 is 1.45 bits per heavy atom. The maximum atomic E-state index is 11.4. The largest absolute Gasteiger partial charge is 0.333 e. The number of hydrogen-bond acceptors (Lipinski definition) is 6.